The Kier molecular flexibility index (Phi) is 2.67. The van der Waals surface area contributed by atoms with E-state index in [1.54, 1.807) is 0 Å². The van der Waals surface area contributed by atoms with E-state index < -0.39 is 35.3 Å². The number of aliphatic carboxylic acids is 3. The Morgan fingerprint density at radius 1 is 1.13 bits per heavy atom. The van der Waals surface area contributed by atoms with Crippen molar-refractivity contribution in [1.82, 2.24) is 0 Å². The molecular weight excluding hydrogens is 206 g/mol. The van der Waals surface area contributed by atoms with Crippen molar-refractivity contribution >= 4 is 17.9 Å². The van der Waals surface area contributed by atoms with Crippen LogP contribution >= 0.6 is 0 Å². The predicted molar refractivity (Wildman–Crippen MR) is 46.0 cm³/mol. The zero-order chi connectivity index (χ0) is 11.8. The van der Waals surface area contributed by atoms with Crippen molar-refractivity contribution in [1.29, 1.82) is 0 Å². The van der Waals surface area contributed by atoms with Crippen LogP contribution in [0.15, 0.2) is 0 Å². The van der Waals surface area contributed by atoms with Gasteiger partial charge in [0.15, 0.2) is 0 Å². The molecule has 0 aromatic heterocycles. The Morgan fingerprint density at radius 3 is 1.93 bits per heavy atom. The van der Waals surface area contributed by atoms with Gasteiger partial charge >= 0.3 is 17.9 Å². The number of carboxylic acids is 3. The predicted octanol–water partition coefficient (Wildman–Crippen LogP) is -1.04. The van der Waals surface area contributed by atoms with Gasteiger partial charge in [-0.25, -0.2) is 0 Å². The summed E-state index contributed by atoms with van der Waals surface area (Å²) in [5.41, 5.74) is 3.45. The molecule has 0 aromatic rings. The molecule has 7 heteroatoms. The van der Waals surface area contributed by atoms with Gasteiger partial charge in [0.1, 0.15) is 5.54 Å². The minimum Gasteiger partial charge on any atom is -0.481 e. The molecule has 7 nitrogen and oxygen atoms in total. The number of hydrogen-bond acceptors (Lipinski definition) is 4. The summed E-state index contributed by atoms with van der Waals surface area (Å²) in [6.45, 7) is 0. The van der Waals surface area contributed by atoms with E-state index in [1.165, 1.54) is 0 Å². The Morgan fingerprint density at radius 2 is 1.67 bits per heavy atom. The Hall–Kier alpha value is -1.63. The van der Waals surface area contributed by atoms with Crippen LogP contribution < -0.4 is 5.73 Å². The van der Waals surface area contributed by atoms with Crippen molar-refractivity contribution in [2.75, 3.05) is 0 Å². The van der Waals surface area contributed by atoms with Crippen LogP contribution in [0.4, 0.5) is 0 Å². The molecule has 0 aromatic carbocycles. The zero-order valence-electron chi connectivity index (χ0n) is 7.71. The first kappa shape index (κ1) is 11.4. The number of rotatable bonds is 3. The van der Waals surface area contributed by atoms with E-state index in [4.69, 9.17) is 21.1 Å². The van der Waals surface area contributed by atoms with Crippen molar-refractivity contribution in [2.24, 2.45) is 17.6 Å². The third-order valence-electron chi connectivity index (χ3n) is 2.77. The molecule has 1 rings (SSSR count). The summed E-state index contributed by atoms with van der Waals surface area (Å²) in [5, 5.41) is 26.3. The lowest BCUT2D eigenvalue weighted by Crippen LogP contribution is -2.53. The van der Waals surface area contributed by atoms with Gasteiger partial charge in [0.2, 0.25) is 0 Å². The van der Waals surface area contributed by atoms with Crippen molar-refractivity contribution in [3.8, 4) is 0 Å². The highest BCUT2D eigenvalue weighted by molar-refractivity contribution is 5.89. The largest absolute Gasteiger partial charge is 0.481 e. The lowest BCUT2D eigenvalue weighted by molar-refractivity contribution is -0.153. The first-order valence-corrected chi connectivity index (χ1v) is 4.27. The van der Waals surface area contributed by atoms with E-state index in [2.05, 4.69) is 0 Å². The van der Waals surface area contributed by atoms with Gasteiger partial charge in [0.05, 0.1) is 11.8 Å². The van der Waals surface area contributed by atoms with E-state index in [9.17, 15) is 14.4 Å². The van der Waals surface area contributed by atoms with E-state index >= 15 is 0 Å². The molecule has 5 N–H and O–H groups in total. The summed E-state index contributed by atoms with van der Waals surface area (Å²) >= 11 is 0. The number of nitrogens with two attached hydrogens (primary N) is 1. The monoisotopic (exact) mass is 217 g/mol. The van der Waals surface area contributed by atoms with Crippen LogP contribution in [0.5, 0.6) is 0 Å². The van der Waals surface area contributed by atoms with E-state index in [-0.39, 0.29) is 12.8 Å². The van der Waals surface area contributed by atoms with E-state index in [0.29, 0.717) is 0 Å². The molecule has 0 spiro atoms. The lowest BCUT2D eigenvalue weighted by atomic mass is 9.88. The first-order chi connectivity index (χ1) is 6.79. The lowest BCUT2D eigenvalue weighted by Gasteiger charge is -2.22. The fourth-order valence-corrected chi connectivity index (χ4v) is 1.87. The maximum absolute atomic E-state index is 10.8. The highest BCUT2D eigenvalue weighted by atomic mass is 16.4. The zero-order valence-corrected chi connectivity index (χ0v) is 7.71. The summed E-state index contributed by atoms with van der Waals surface area (Å²) < 4.78 is 0. The Labute approximate surface area is 84.5 Å². The second kappa shape index (κ2) is 3.50. The number of carbonyl (C=O) groups is 3. The van der Waals surface area contributed by atoms with Crippen molar-refractivity contribution in [2.45, 2.75) is 18.4 Å². The minimum absolute atomic E-state index is 0.243. The molecule has 15 heavy (non-hydrogen) atoms. The topological polar surface area (TPSA) is 138 Å². The summed E-state index contributed by atoms with van der Waals surface area (Å²) in [7, 11) is 0. The molecule has 0 unspecified atom stereocenters. The summed E-state index contributed by atoms with van der Waals surface area (Å²) in [4.78, 5) is 32.2. The molecule has 0 saturated heterocycles. The van der Waals surface area contributed by atoms with Gasteiger partial charge in [0, 0.05) is 0 Å². The van der Waals surface area contributed by atoms with Crippen LogP contribution in [0.2, 0.25) is 0 Å². The second-order valence-electron chi connectivity index (χ2n) is 3.71. The quantitative estimate of drug-likeness (QED) is 0.473. The molecule has 0 amide bonds. The maximum atomic E-state index is 10.8. The van der Waals surface area contributed by atoms with Crippen LogP contribution in [0.25, 0.3) is 0 Å². The smallest absolute Gasteiger partial charge is 0.324 e. The molecule has 1 aliphatic rings. The third-order valence-corrected chi connectivity index (χ3v) is 2.77. The van der Waals surface area contributed by atoms with Gasteiger partial charge in [-0.1, -0.05) is 0 Å². The van der Waals surface area contributed by atoms with Gasteiger partial charge in [-0.3, -0.25) is 14.4 Å². The molecule has 3 atom stereocenters. The summed E-state index contributed by atoms with van der Waals surface area (Å²) in [6.07, 6.45) is -0.595. The van der Waals surface area contributed by atoms with Crippen molar-refractivity contribution < 1.29 is 29.7 Å². The Bertz CT molecular complexity index is 327. The van der Waals surface area contributed by atoms with Crippen LogP contribution in [0, 0.1) is 11.8 Å². The highest BCUT2D eigenvalue weighted by Crippen LogP contribution is 2.38. The molecule has 1 saturated carbocycles. The molecule has 1 aliphatic carbocycles. The Balaban J connectivity index is 3.00. The first-order valence-electron chi connectivity index (χ1n) is 4.27. The van der Waals surface area contributed by atoms with Crippen molar-refractivity contribution in [3.05, 3.63) is 0 Å². The van der Waals surface area contributed by atoms with Gasteiger partial charge in [0.25, 0.3) is 0 Å². The molecular formula is C8H11NO6. The number of hydrogen-bond donors (Lipinski definition) is 4. The molecule has 0 heterocycles. The standard InChI is InChI=1S/C8H11NO6/c9-8(7(14)15)2-3(5(10)11)1-4(8)6(12)13/h3-4H,1-2,9H2,(H,10,11)(H,12,13)(H,14,15)/t3-,4-,8-/m1/s1. The fourth-order valence-electron chi connectivity index (χ4n) is 1.87. The van der Waals surface area contributed by atoms with Gasteiger partial charge in [-0.15, -0.1) is 0 Å². The molecule has 1 fully saturated rings. The maximum Gasteiger partial charge on any atom is 0.324 e. The third kappa shape index (κ3) is 1.78. The second-order valence-corrected chi connectivity index (χ2v) is 3.71. The molecule has 84 valence electrons. The van der Waals surface area contributed by atoms with E-state index in [0.717, 1.165) is 0 Å². The summed E-state index contributed by atoms with van der Waals surface area (Å²) in [6, 6.07) is 0. The van der Waals surface area contributed by atoms with Crippen LogP contribution in [-0.4, -0.2) is 38.8 Å². The van der Waals surface area contributed by atoms with Gasteiger partial charge < -0.3 is 21.1 Å². The molecule has 0 bridgehead atoms. The van der Waals surface area contributed by atoms with Crippen LogP contribution in [0.1, 0.15) is 12.8 Å². The SMILES string of the molecule is N[C@]1(C(=O)O)C[C@H](C(=O)O)C[C@@H]1C(=O)O. The molecule has 0 aliphatic heterocycles. The van der Waals surface area contributed by atoms with Gasteiger partial charge in [-0.2, -0.15) is 0 Å². The minimum atomic E-state index is -1.98. The van der Waals surface area contributed by atoms with Gasteiger partial charge in [-0.05, 0) is 12.8 Å². The average Bonchev–Trinajstić information content (AvgIpc) is 2.44. The van der Waals surface area contributed by atoms with Crippen LogP contribution in [0.3, 0.4) is 0 Å². The highest BCUT2D eigenvalue weighted by Gasteiger charge is 2.55. The fraction of sp³-hybridized carbons (Fsp3) is 0.625. The normalized spacial score (nSPS) is 35.0. The summed E-state index contributed by atoms with van der Waals surface area (Å²) in [5.74, 6) is -6.42. The number of carboxylic acid groups (broad SMARTS) is 3. The average molecular weight is 217 g/mol. The van der Waals surface area contributed by atoms with Crippen LogP contribution in [-0.2, 0) is 14.4 Å². The van der Waals surface area contributed by atoms with Crippen molar-refractivity contribution in [3.63, 3.8) is 0 Å². The van der Waals surface area contributed by atoms with E-state index in [1.807, 2.05) is 0 Å². The molecule has 0 radical (unpaired) electrons.